The summed E-state index contributed by atoms with van der Waals surface area (Å²) in [4.78, 5) is 12.5. The largest absolute Gasteiger partial charge is 0.369 e. The predicted octanol–water partition coefficient (Wildman–Crippen LogP) is 3.25. The van der Waals surface area contributed by atoms with Crippen LogP contribution in [0, 0.1) is 5.92 Å². The fourth-order valence-corrected chi connectivity index (χ4v) is 2.19. The summed E-state index contributed by atoms with van der Waals surface area (Å²) < 4.78 is 0. The lowest BCUT2D eigenvalue weighted by atomic mass is 10.1. The van der Waals surface area contributed by atoms with Gasteiger partial charge in [-0.05, 0) is 35.9 Å². The number of anilines is 2. The molecule has 0 saturated carbocycles. The van der Waals surface area contributed by atoms with Gasteiger partial charge in [-0.15, -0.1) is 21.5 Å². The second-order valence-electron chi connectivity index (χ2n) is 4.84. The average molecular weight is 290 g/mol. The van der Waals surface area contributed by atoms with Crippen LogP contribution in [0.2, 0.25) is 0 Å². The predicted molar refractivity (Wildman–Crippen MR) is 82.2 cm³/mol. The fraction of sp³-hybridized carbons (Fsp3) is 0.357. The van der Waals surface area contributed by atoms with Gasteiger partial charge in [-0.3, -0.25) is 4.79 Å². The highest BCUT2D eigenvalue weighted by Gasteiger charge is 2.07. The number of amides is 1. The molecule has 0 aliphatic heterocycles. The molecule has 0 saturated heterocycles. The van der Waals surface area contributed by atoms with Gasteiger partial charge in [-0.2, -0.15) is 0 Å². The third kappa shape index (κ3) is 4.31. The molecular weight excluding hydrogens is 272 g/mol. The molecule has 0 radical (unpaired) electrons. The van der Waals surface area contributed by atoms with E-state index in [-0.39, 0.29) is 5.91 Å². The molecule has 2 rings (SSSR count). The maximum atomic E-state index is 11.8. The molecule has 20 heavy (non-hydrogen) atoms. The Balaban J connectivity index is 1.87. The second-order valence-corrected chi connectivity index (χ2v) is 5.79. The summed E-state index contributed by atoms with van der Waals surface area (Å²) in [6, 6.07) is 7.18. The highest BCUT2D eigenvalue weighted by molar-refractivity contribution is 7.12. The summed E-state index contributed by atoms with van der Waals surface area (Å²) in [6.45, 7) is 5.22. The van der Waals surface area contributed by atoms with E-state index in [0.29, 0.717) is 16.6 Å². The number of nitrogens with zero attached hydrogens (tertiary/aromatic N) is 2. The quantitative estimate of drug-likeness (QED) is 0.857. The highest BCUT2D eigenvalue weighted by atomic mass is 32.1. The Bertz CT molecular complexity index is 537. The van der Waals surface area contributed by atoms with Crippen molar-refractivity contribution in [3.63, 3.8) is 0 Å². The van der Waals surface area contributed by atoms with Crippen LogP contribution >= 0.6 is 11.3 Å². The number of hydrogen-bond donors (Lipinski definition) is 2. The molecule has 0 spiro atoms. The maximum absolute atomic E-state index is 11.8. The minimum Gasteiger partial charge on any atom is -0.369 e. The average Bonchev–Trinajstić information content (AvgIpc) is 2.94. The van der Waals surface area contributed by atoms with Crippen LogP contribution in [0.25, 0.3) is 0 Å². The molecule has 5 nitrogen and oxygen atoms in total. The molecular formula is C14H18N4OS. The van der Waals surface area contributed by atoms with Crippen molar-refractivity contribution >= 4 is 28.9 Å². The Morgan fingerprint density at radius 2 is 2.00 bits per heavy atom. The summed E-state index contributed by atoms with van der Waals surface area (Å²) in [5.74, 6) is 1.67. The van der Waals surface area contributed by atoms with Crippen molar-refractivity contribution in [1.29, 1.82) is 0 Å². The standard InChI is InChI=1S/C14H18N4OS/c1-10(2)7-8-15-12-5-6-13(18-17-12)16-14(19)11-4-3-9-20-11/h3-6,9-10H,7-8H2,1-2H3,(H,15,17)(H,16,18,19). The van der Waals surface area contributed by atoms with Crippen LogP contribution in [0.4, 0.5) is 11.6 Å². The smallest absolute Gasteiger partial charge is 0.266 e. The van der Waals surface area contributed by atoms with Crippen molar-refractivity contribution in [3.05, 3.63) is 34.5 Å². The first-order chi connectivity index (χ1) is 9.65. The summed E-state index contributed by atoms with van der Waals surface area (Å²) in [6.07, 6.45) is 1.08. The molecule has 106 valence electrons. The van der Waals surface area contributed by atoms with E-state index < -0.39 is 0 Å². The Morgan fingerprint density at radius 1 is 1.25 bits per heavy atom. The molecule has 2 N–H and O–H groups in total. The lowest BCUT2D eigenvalue weighted by Crippen LogP contribution is -2.12. The minimum absolute atomic E-state index is 0.158. The molecule has 0 unspecified atom stereocenters. The summed E-state index contributed by atoms with van der Waals surface area (Å²) in [5.41, 5.74) is 0. The maximum Gasteiger partial charge on any atom is 0.266 e. The molecule has 6 heteroatoms. The number of aromatic nitrogens is 2. The van der Waals surface area contributed by atoms with Gasteiger partial charge < -0.3 is 10.6 Å². The molecule has 0 aliphatic carbocycles. The highest BCUT2D eigenvalue weighted by Crippen LogP contribution is 2.12. The Labute approximate surface area is 122 Å². The minimum atomic E-state index is -0.158. The van der Waals surface area contributed by atoms with E-state index in [0.717, 1.165) is 18.8 Å². The van der Waals surface area contributed by atoms with E-state index in [1.54, 1.807) is 12.1 Å². The van der Waals surface area contributed by atoms with Crippen molar-refractivity contribution in [1.82, 2.24) is 10.2 Å². The first-order valence-corrected chi connectivity index (χ1v) is 7.45. The van der Waals surface area contributed by atoms with Crippen molar-refractivity contribution in [3.8, 4) is 0 Å². The van der Waals surface area contributed by atoms with E-state index in [4.69, 9.17) is 0 Å². The lowest BCUT2D eigenvalue weighted by Gasteiger charge is -2.07. The van der Waals surface area contributed by atoms with E-state index in [1.165, 1.54) is 11.3 Å². The third-order valence-electron chi connectivity index (χ3n) is 2.68. The Kier molecular flexibility index (Phi) is 5.06. The van der Waals surface area contributed by atoms with Gasteiger partial charge in [0, 0.05) is 6.54 Å². The van der Waals surface area contributed by atoms with Crippen molar-refractivity contribution < 1.29 is 4.79 Å². The second kappa shape index (κ2) is 7.00. The molecule has 2 heterocycles. The van der Waals surface area contributed by atoms with Crippen LogP contribution in [-0.4, -0.2) is 22.6 Å². The van der Waals surface area contributed by atoms with Crippen molar-refractivity contribution in [2.45, 2.75) is 20.3 Å². The number of carbonyl (C=O) groups is 1. The fourth-order valence-electron chi connectivity index (χ4n) is 1.57. The molecule has 0 fully saturated rings. The molecule has 0 bridgehead atoms. The first kappa shape index (κ1) is 14.5. The number of nitrogens with one attached hydrogen (secondary N) is 2. The van der Waals surface area contributed by atoms with E-state index in [9.17, 15) is 4.79 Å². The van der Waals surface area contributed by atoms with Crippen LogP contribution in [-0.2, 0) is 0 Å². The topological polar surface area (TPSA) is 66.9 Å². The monoisotopic (exact) mass is 290 g/mol. The van der Waals surface area contributed by atoms with Gasteiger partial charge in [0.15, 0.2) is 5.82 Å². The van der Waals surface area contributed by atoms with Crippen LogP contribution < -0.4 is 10.6 Å². The molecule has 1 amide bonds. The van der Waals surface area contributed by atoms with E-state index in [2.05, 4.69) is 34.7 Å². The summed E-state index contributed by atoms with van der Waals surface area (Å²) >= 11 is 1.39. The first-order valence-electron chi connectivity index (χ1n) is 6.57. The number of rotatable bonds is 6. The number of thiophene rings is 1. The van der Waals surface area contributed by atoms with E-state index in [1.807, 2.05) is 17.5 Å². The third-order valence-corrected chi connectivity index (χ3v) is 3.55. The molecule has 2 aromatic heterocycles. The zero-order chi connectivity index (χ0) is 14.4. The van der Waals surface area contributed by atoms with Crippen LogP contribution in [0.1, 0.15) is 29.9 Å². The number of hydrogen-bond acceptors (Lipinski definition) is 5. The van der Waals surface area contributed by atoms with Gasteiger partial charge in [0.05, 0.1) is 4.88 Å². The number of carbonyl (C=O) groups excluding carboxylic acids is 1. The van der Waals surface area contributed by atoms with Crippen LogP contribution in [0.15, 0.2) is 29.6 Å². The van der Waals surface area contributed by atoms with Gasteiger partial charge in [-0.1, -0.05) is 19.9 Å². The van der Waals surface area contributed by atoms with Gasteiger partial charge >= 0.3 is 0 Å². The van der Waals surface area contributed by atoms with Gasteiger partial charge in [-0.25, -0.2) is 0 Å². The zero-order valence-electron chi connectivity index (χ0n) is 11.6. The zero-order valence-corrected chi connectivity index (χ0v) is 12.4. The summed E-state index contributed by atoms with van der Waals surface area (Å²) in [5, 5.41) is 15.8. The van der Waals surface area contributed by atoms with Gasteiger partial charge in [0.1, 0.15) is 5.82 Å². The SMILES string of the molecule is CC(C)CCNc1ccc(NC(=O)c2cccs2)nn1. The van der Waals surface area contributed by atoms with E-state index >= 15 is 0 Å². The normalized spacial score (nSPS) is 10.6. The van der Waals surface area contributed by atoms with Gasteiger partial charge in [0.2, 0.25) is 0 Å². The van der Waals surface area contributed by atoms with Crippen molar-refractivity contribution in [2.75, 3.05) is 17.2 Å². The Hall–Kier alpha value is -1.95. The molecule has 0 atom stereocenters. The van der Waals surface area contributed by atoms with Gasteiger partial charge in [0.25, 0.3) is 5.91 Å². The molecule has 0 aliphatic rings. The Morgan fingerprint density at radius 3 is 2.60 bits per heavy atom. The lowest BCUT2D eigenvalue weighted by molar-refractivity contribution is 0.103. The van der Waals surface area contributed by atoms with Crippen LogP contribution in [0.3, 0.4) is 0 Å². The van der Waals surface area contributed by atoms with Crippen molar-refractivity contribution in [2.24, 2.45) is 5.92 Å². The molecule has 0 aromatic carbocycles. The molecule has 2 aromatic rings. The van der Waals surface area contributed by atoms with Crippen LogP contribution in [0.5, 0.6) is 0 Å². The summed E-state index contributed by atoms with van der Waals surface area (Å²) in [7, 11) is 0.